The van der Waals surface area contributed by atoms with Crippen LogP contribution in [0.4, 0.5) is 0 Å². The van der Waals surface area contributed by atoms with Crippen molar-refractivity contribution in [2.75, 3.05) is 19.0 Å². The van der Waals surface area contributed by atoms with E-state index >= 15 is 0 Å². The number of carbonyl (C=O) groups is 2. The van der Waals surface area contributed by atoms with Crippen molar-refractivity contribution in [3.8, 4) is 6.07 Å². The molecular weight excluding hydrogens is 276 g/mol. The van der Waals surface area contributed by atoms with Crippen molar-refractivity contribution in [1.29, 1.82) is 5.26 Å². The lowest BCUT2D eigenvalue weighted by Gasteiger charge is -2.27. The summed E-state index contributed by atoms with van der Waals surface area (Å²) >= 11 is 1.50. The van der Waals surface area contributed by atoms with Crippen LogP contribution in [0.15, 0.2) is 0 Å². The first-order chi connectivity index (χ1) is 9.39. The average molecular weight is 298 g/mol. The molecule has 0 radical (unpaired) electrons. The van der Waals surface area contributed by atoms with Crippen LogP contribution < -0.4 is 11.1 Å². The summed E-state index contributed by atoms with van der Waals surface area (Å²) in [7, 11) is 0. The van der Waals surface area contributed by atoms with E-state index in [4.69, 9.17) is 11.0 Å². The summed E-state index contributed by atoms with van der Waals surface area (Å²) in [6, 6.07) is 1.90. The molecular formula is C13H22N4O2S. The van der Waals surface area contributed by atoms with E-state index in [0.29, 0.717) is 18.8 Å². The molecule has 1 heterocycles. The topological polar surface area (TPSA) is 99.2 Å². The van der Waals surface area contributed by atoms with Gasteiger partial charge in [-0.15, -0.1) is 11.8 Å². The Morgan fingerprint density at radius 2 is 2.25 bits per heavy atom. The number of nitrogens with one attached hydrogen (secondary N) is 1. The average Bonchev–Trinajstić information content (AvgIpc) is 2.86. The minimum Gasteiger partial charge on any atom is -0.346 e. The van der Waals surface area contributed by atoms with Gasteiger partial charge in [0.05, 0.1) is 18.5 Å². The number of carbonyl (C=O) groups excluding carboxylic acids is 2. The van der Waals surface area contributed by atoms with Gasteiger partial charge in [-0.2, -0.15) is 5.26 Å². The van der Waals surface area contributed by atoms with Crippen LogP contribution in [0.25, 0.3) is 0 Å². The third-order valence-electron chi connectivity index (χ3n) is 3.22. The molecule has 0 aliphatic carbocycles. The molecule has 0 saturated carbocycles. The first-order valence-electron chi connectivity index (χ1n) is 6.69. The number of hydrogen-bond donors (Lipinski definition) is 2. The Kier molecular flexibility index (Phi) is 6.30. The van der Waals surface area contributed by atoms with Gasteiger partial charge in [-0.25, -0.2) is 0 Å². The van der Waals surface area contributed by atoms with E-state index in [0.717, 1.165) is 12.8 Å². The highest BCUT2D eigenvalue weighted by molar-refractivity contribution is 8.00. The van der Waals surface area contributed by atoms with Gasteiger partial charge in [0.1, 0.15) is 6.04 Å². The van der Waals surface area contributed by atoms with Crippen molar-refractivity contribution < 1.29 is 9.59 Å². The van der Waals surface area contributed by atoms with Crippen LogP contribution >= 0.6 is 11.8 Å². The van der Waals surface area contributed by atoms with Crippen LogP contribution in [-0.2, 0) is 9.59 Å². The second kappa shape index (κ2) is 7.50. The SMILES string of the molecule is CC(C)(CC(=O)N1CCC[C@H]1C#N)SCNC(=O)CN. The molecule has 1 rings (SSSR count). The monoisotopic (exact) mass is 298 g/mol. The van der Waals surface area contributed by atoms with Gasteiger partial charge in [-0.1, -0.05) is 13.8 Å². The Bertz CT molecular complexity index is 406. The molecule has 1 aliphatic rings. The minimum atomic E-state index is -0.290. The largest absolute Gasteiger partial charge is 0.346 e. The predicted octanol–water partition coefficient (Wildman–Crippen LogP) is 0.435. The summed E-state index contributed by atoms with van der Waals surface area (Å²) in [5.74, 6) is 0.235. The molecule has 0 aromatic heterocycles. The number of hydrogen-bond acceptors (Lipinski definition) is 5. The van der Waals surface area contributed by atoms with Crippen molar-refractivity contribution >= 4 is 23.6 Å². The number of likely N-dealkylation sites (tertiary alicyclic amines) is 1. The summed E-state index contributed by atoms with van der Waals surface area (Å²) < 4.78 is -0.290. The quantitative estimate of drug-likeness (QED) is 0.693. The molecule has 0 aromatic carbocycles. The summed E-state index contributed by atoms with van der Waals surface area (Å²) in [6.07, 6.45) is 2.01. The zero-order valence-electron chi connectivity index (χ0n) is 12.0. The molecule has 20 heavy (non-hydrogen) atoms. The first kappa shape index (κ1) is 16.8. The zero-order chi connectivity index (χ0) is 15.2. The van der Waals surface area contributed by atoms with Gasteiger partial charge in [-0.05, 0) is 12.8 Å². The van der Waals surface area contributed by atoms with Gasteiger partial charge in [-0.3, -0.25) is 9.59 Å². The second-order valence-electron chi connectivity index (χ2n) is 5.40. The van der Waals surface area contributed by atoms with E-state index in [1.54, 1.807) is 4.90 Å². The molecule has 112 valence electrons. The van der Waals surface area contributed by atoms with Gasteiger partial charge >= 0.3 is 0 Å². The maximum absolute atomic E-state index is 12.2. The Labute approximate surface area is 124 Å². The molecule has 1 atom stereocenters. The second-order valence-corrected chi connectivity index (χ2v) is 7.09. The van der Waals surface area contributed by atoms with Crippen molar-refractivity contribution in [2.45, 2.75) is 43.9 Å². The van der Waals surface area contributed by atoms with Crippen molar-refractivity contribution in [2.24, 2.45) is 5.73 Å². The van der Waals surface area contributed by atoms with Crippen LogP contribution in [0.5, 0.6) is 0 Å². The van der Waals surface area contributed by atoms with Crippen molar-refractivity contribution in [3.05, 3.63) is 0 Å². The van der Waals surface area contributed by atoms with E-state index < -0.39 is 0 Å². The molecule has 7 heteroatoms. The van der Waals surface area contributed by atoms with Crippen LogP contribution in [0, 0.1) is 11.3 Å². The molecule has 0 aromatic rings. The third-order valence-corrected chi connectivity index (χ3v) is 4.43. The maximum atomic E-state index is 12.2. The highest BCUT2D eigenvalue weighted by Crippen LogP contribution is 2.29. The Balaban J connectivity index is 2.43. The molecule has 3 N–H and O–H groups in total. The van der Waals surface area contributed by atoms with E-state index in [1.165, 1.54) is 11.8 Å². The van der Waals surface area contributed by atoms with Gasteiger partial charge in [0.2, 0.25) is 11.8 Å². The highest BCUT2D eigenvalue weighted by Gasteiger charge is 2.32. The van der Waals surface area contributed by atoms with Gasteiger partial charge in [0.25, 0.3) is 0 Å². The van der Waals surface area contributed by atoms with E-state index in [1.807, 2.05) is 13.8 Å². The standard InChI is InChI=1S/C13H22N4O2S/c1-13(2,20-9-16-11(18)8-15)6-12(19)17-5-3-4-10(17)7-14/h10H,3-6,8-9,15H2,1-2H3,(H,16,18)/t10-/m0/s1. The number of nitrogens with two attached hydrogens (primary N) is 1. The Hall–Kier alpha value is -1.26. The Morgan fingerprint density at radius 3 is 2.85 bits per heavy atom. The number of nitrogens with zero attached hydrogens (tertiary/aromatic N) is 2. The molecule has 1 saturated heterocycles. The van der Waals surface area contributed by atoms with Gasteiger partial charge in [0, 0.05) is 17.7 Å². The number of thioether (sulfide) groups is 1. The summed E-state index contributed by atoms with van der Waals surface area (Å²) in [5.41, 5.74) is 5.20. The molecule has 2 amide bonds. The van der Waals surface area contributed by atoms with E-state index in [-0.39, 0.29) is 29.1 Å². The minimum absolute atomic E-state index is 0.0108. The zero-order valence-corrected chi connectivity index (χ0v) is 12.8. The lowest BCUT2D eigenvalue weighted by Crippen LogP contribution is -2.39. The Morgan fingerprint density at radius 1 is 1.55 bits per heavy atom. The lowest BCUT2D eigenvalue weighted by atomic mass is 10.1. The number of amides is 2. The highest BCUT2D eigenvalue weighted by atomic mass is 32.2. The van der Waals surface area contributed by atoms with Crippen LogP contribution in [0.1, 0.15) is 33.1 Å². The number of nitriles is 1. The van der Waals surface area contributed by atoms with Crippen LogP contribution in [0.2, 0.25) is 0 Å². The van der Waals surface area contributed by atoms with Crippen molar-refractivity contribution in [3.63, 3.8) is 0 Å². The molecule has 6 nitrogen and oxygen atoms in total. The van der Waals surface area contributed by atoms with Crippen LogP contribution in [-0.4, -0.2) is 46.5 Å². The summed E-state index contributed by atoms with van der Waals surface area (Å²) in [6.45, 7) is 4.56. The smallest absolute Gasteiger partial charge is 0.234 e. The summed E-state index contributed by atoms with van der Waals surface area (Å²) in [5, 5.41) is 11.7. The van der Waals surface area contributed by atoms with E-state index in [9.17, 15) is 9.59 Å². The fraction of sp³-hybridized carbons (Fsp3) is 0.769. The van der Waals surface area contributed by atoms with Crippen LogP contribution in [0.3, 0.4) is 0 Å². The van der Waals surface area contributed by atoms with Gasteiger partial charge < -0.3 is 16.0 Å². The predicted molar refractivity (Wildman–Crippen MR) is 78.7 cm³/mol. The molecule has 0 spiro atoms. The van der Waals surface area contributed by atoms with Crippen molar-refractivity contribution in [1.82, 2.24) is 10.2 Å². The van der Waals surface area contributed by atoms with Gasteiger partial charge in [0.15, 0.2) is 0 Å². The molecule has 1 aliphatic heterocycles. The normalized spacial score (nSPS) is 18.7. The third kappa shape index (κ3) is 5.02. The number of rotatable bonds is 6. The fourth-order valence-corrected chi connectivity index (χ4v) is 2.95. The molecule has 0 bridgehead atoms. The molecule has 1 fully saturated rings. The maximum Gasteiger partial charge on any atom is 0.234 e. The lowest BCUT2D eigenvalue weighted by molar-refractivity contribution is -0.131. The van der Waals surface area contributed by atoms with E-state index in [2.05, 4.69) is 11.4 Å². The molecule has 0 unspecified atom stereocenters. The fourth-order valence-electron chi connectivity index (χ4n) is 2.10. The summed E-state index contributed by atoms with van der Waals surface area (Å²) in [4.78, 5) is 25.0. The first-order valence-corrected chi connectivity index (χ1v) is 7.68.